The molecule has 0 atom stereocenters. The van der Waals surface area contributed by atoms with E-state index in [0.717, 1.165) is 29.5 Å². The molecule has 21 heavy (non-hydrogen) atoms. The van der Waals surface area contributed by atoms with Crippen LogP contribution in [0.4, 0.5) is 0 Å². The van der Waals surface area contributed by atoms with E-state index in [1.807, 2.05) is 17.8 Å². The Balaban J connectivity index is 0.00000220. The van der Waals surface area contributed by atoms with Gasteiger partial charge in [-0.25, -0.2) is 13.4 Å². The van der Waals surface area contributed by atoms with Crippen LogP contribution in [0, 0.1) is 0 Å². The summed E-state index contributed by atoms with van der Waals surface area (Å²) in [7, 11) is -3.11. The van der Waals surface area contributed by atoms with Crippen LogP contribution in [0.5, 0.6) is 0 Å². The molecule has 2 N–H and O–H groups in total. The lowest BCUT2D eigenvalue weighted by atomic mass is 10.5. The van der Waals surface area contributed by atoms with Crippen molar-refractivity contribution >= 4 is 62.9 Å². The molecule has 2 rings (SSSR count). The Bertz CT molecular complexity index is 580. The van der Waals surface area contributed by atoms with Crippen molar-refractivity contribution in [3.05, 3.63) is 17.0 Å². The van der Waals surface area contributed by atoms with E-state index in [0.29, 0.717) is 16.7 Å². The number of aliphatic imine (C=N–C) groups is 1. The summed E-state index contributed by atoms with van der Waals surface area (Å²) in [5, 5.41) is 0. The van der Waals surface area contributed by atoms with E-state index in [-0.39, 0.29) is 29.7 Å². The molecule has 0 aliphatic carbocycles. The molecule has 1 aliphatic rings. The Hall–Kier alpha value is -0.000000000000000111. The van der Waals surface area contributed by atoms with Gasteiger partial charge >= 0.3 is 0 Å². The molecule has 0 bridgehead atoms. The summed E-state index contributed by atoms with van der Waals surface area (Å²) in [6, 6.07) is 3.47. The van der Waals surface area contributed by atoms with Crippen molar-refractivity contribution in [1.82, 2.24) is 4.90 Å². The number of nitrogens with two attached hydrogens (primary N) is 1. The first-order chi connectivity index (χ1) is 9.53. The molecular formula is C12H20IN3O2S3. The molecule has 1 aromatic heterocycles. The Morgan fingerprint density at radius 2 is 2.05 bits per heavy atom. The zero-order chi connectivity index (χ0) is 14.6. The SMILES string of the molecule is CCS(=O)(=O)c1ccc(CN=C(N)N2CCSCC2)s1.I. The van der Waals surface area contributed by atoms with E-state index in [9.17, 15) is 8.42 Å². The fourth-order valence-corrected chi connectivity index (χ4v) is 5.11. The van der Waals surface area contributed by atoms with Gasteiger partial charge in [0.2, 0.25) is 0 Å². The smallest absolute Gasteiger partial charge is 0.191 e. The highest BCUT2D eigenvalue weighted by Gasteiger charge is 2.15. The van der Waals surface area contributed by atoms with Gasteiger partial charge in [-0.15, -0.1) is 35.3 Å². The predicted molar refractivity (Wildman–Crippen MR) is 102 cm³/mol. The van der Waals surface area contributed by atoms with Gasteiger partial charge in [-0.2, -0.15) is 11.8 Å². The third kappa shape index (κ3) is 5.29. The Kier molecular flexibility index (Phi) is 7.79. The fourth-order valence-electron chi connectivity index (χ4n) is 1.80. The zero-order valence-electron chi connectivity index (χ0n) is 11.8. The van der Waals surface area contributed by atoms with Crippen molar-refractivity contribution in [2.45, 2.75) is 17.7 Å². The van der Waals surface area contributed by atoms with Crippen LogP contribution in [0.3, 0.4) is 0 Å². The van der Waals surface area contributed by atoms with E-state index in [4.69, 9.17) is 5.73 Å². The number of halogens is 1. The lowest BCUT2D eigenvalue weighted by Crippen LogP contribution is -2.42. The first-order valence-corrected chi connectivity index (χ1v) is 10.1. The third-order valence-electron chi connectivity index (χ3n) is 3.06. The second-order valence-corrected chi connectivity index (χ2v) is 9.30. The van der Waals surface area contributed by atoms with Gasteiger partial charge in [0.1, 0.15) is 4.21 Å². The van der Waals surface area contributed by atoms with Gasteiger partial charge in [-0.3, -0.25) is 0 Å². The van der Waals surface area contributed by atoms with Crippen LogP contribution < -0.4 is 5.73 Å². The van der Waals surface area contributed by atoms with Crippen LogP contribution >= 0.6 is 47.1 Å². The molecule has 1 saturated heterocycles. The standard InChI is InChI=1S/C12H19N3O2S3.HI/c1-2-20(16,17)11-4-3-10(19-11)9-14-12(13)15-5-7-18-8-6-15;/h3-4H,2,5-9H2,1H3,(H2,13,14);1H. The number of hydrogen-bond donors (Lipinski definition) is 1. The van der Waals surface area contributed by atoms with E-state index in [1.54, 1.807) is 13.0 Å². The lowest BCUT2D eigenvalue weighted by molar-refractivity contribution is 0.456. The second-order valence-electron chi connectivity index (χ2n) is 4.40. The van der Waals surface area contributed by atoms with Crippen molar-refractivity contribution in [3.8, 4) is 0 Å². The van der Waals surface area contributed by atoms with Crippen LogP contribution in [0.25, 0.3) is 0 Å². The van der Waals surface area contributed by atoms with Crippen molar-refractivity contribution in [3.63, 3.8) is 0 Å². The van der Waals surface area contributed by atoms with Gasteiger partial charge in [0.25, 0.3) is 0 Å². The molecule has 1 aromatic rings. The molecule has 0 unspecified atom stereocenters. The molecule has 0 aromatic carbocycles. The quantitative estimate of drug-likeness (QED) is 0.422. The predicted octanol–water partition coefficient (Wildman–Crippen LogP) is 2.02. The van der Waals surface area contributed by atoms with E-state index >= 15 is 0 Å². The minimum atomic E-state index is -3.11. The second kappa shape index (κ2) is 8.59. The summed E-state index contributed by atoms with van der Waals surface area (Å²) in [5.41, 5.74) is 5.97. The van der Waals surface area contributed by atoms with Gasteiger partial charge in [0.05, 0.1) is 12.3 Å². The fraction of sp³-hybridized carbons (Fsp3) is 0.583. The molecule has 5 nitrogen and oxygen atoms in total. The van der Waals surface area contributed by atoms with Crippen molar-refractivity contribution in [2.75, 3.05) is 30.3 Å². The first kappa shape index (κ1) is 19.0. The maximum absolute atomic E-state index is 11.7. The molecule has 0 saturated carbocycles. The number of thioether (sulfide) groups is 1. The molecular weight excluding hydrogens is 441 g/mol. The van der Waals surface area contributed by atoms with Crippen LogP contribution in [-0.2, 0) is 16.4 Å². The highest BCUT2D eigenvalue weighted by Crippen LogP contribution is 2.23. The van der Waals surface area contributed by atoms with Crippen molar-refractivity contribution in [2.24, 2.45) is 10.7 Å². The monoisotopic (exact) mass is 461 g/mol. The normalized spacial score (nSPS) is 16.6. The largest absolute Gasteiger partial charge is 0.370 e. The maximum Gasteiger partial charge on any atom is 0.191 e. The minimum Gasteiger partial charge on any atom is -0.370 e. The van der Waals surface area contributed by atoms with E-state index in [2.05, 4.69) is 9.89 Å². The first-order valence-electron chi connectivity index (χ1n) is 6.47. The molecule has 1 fully saturated rings. The number of guanidine groups is 1. The minimum absolute atomic E-state index is 0. The number of thiophene rings is 1. The van der Waals surface area contributed by atoms with Crippen molar-refractivity contribution < 1.29 is 8.42 Å². The van der Waals surface area contributed by atoms with Gasteiger partial charge in [0.15, 0.2) is 15.8 Å². The Labute approximate surface area is 151 Å². The summed E-state index contributed by atoms with van der Waals surface area (Å²) in [5.74, 6) is 2.84. The summed E-state index contributed by atoms with van der Waals surface area (Å²) >= 11 is 3.20. The average molecular weight is 461 g/mol. The van der Waals surface area contributed by atoms with E-state index < -0.39 is 9.84 Å². The van der Waals surface area contributed by atoms with Crippen LogP contribution in [-0.4, -0.2) is 49.6 Å². The molecule has 2 heterocycles. The van der Waals surface area contributed by atoms with Crippen LogP contribution in [0.1, 0.15) is 11.8 Å². The molecule has 0 amide bonds. The van der Waals surface area contributed by atoms with Gasteiger partial charge in [-0.1, -0.05) is 6.92 Å². The summed E-state index contributed by atoms with van der Waals surface area (Å²) < 4.78 is 23.9. The molecule has 0 spiro atoms. The van der Waals surface area contributed by atoms with Crippen LogP contribution in [0.2, 0.25) is 0 Å². The van der Waals surface area contributed by atoms with Gasteiger partial charge < -0.3 is 10.6 Å². The number of rotatable bonds is 4. The van der Waals surface area contributed by atoms with E-state index in [1.165, 1.54) is 11.3 Å². The number of hydrogen-bond acceptors (Lipinski definition) is 5. The van der Waals surface area contributed by atoms with Crippen LogP contribution in [0.15, 0.2) is 21.3 Å². The topological polar surface area (TPSA) is 75.8 Å². The zero-order valence-corrected chi connectivity index (χ0v) is 16.6. The Morgan fingerprint density at radius 3 is 2.67 bits per heavy atom. The molecule has 0 radical (unpaired) electrons. The highest BCUT2D eigenvalue weighted by molar-refractivity contribution is 14.0. The van der Waals surface area contributed by atoms with Gasteiger partial charge in [0, 0.05) is 29.5 Å². The summed E-state index contributed by atoms with van der Waals surface area (Å²) in [6.07, 6.45) is 0. The molecule has 120 valence electrons. The average Bonchev–Trinajstić information content (AvgIpc) is 2.95. The number of sulfone groups is 1. The molecule has 9 heteroatoms. The summed E-state index contributed by atoms with van der Waals surface area (Å²) in [4.78, 5) is 7.37. The van der Waals surface area contributed by atoms with Gasteiger partial charge in [-0.05, 0) is 12.1 Å². The lowest BCUT2D eigenvalue weighted by Gasteiger charge is -2.27. The van der Waals surface area contributed by atoms with Crippen molar-refractivity contribution in [1.29, 1.82) is 0 Å². The highest BCUT2D eigenvalue weighted by atomic mass is 127. The third-order valence-corrected chi connectivity index (χ3v) is 7.38. The maximum atomic E-state index is 11.7. The Morgan fingerprint density at radius 1 is 1.38 bits per heavy atom. The summed E-state index contributed by atoms with van der Waals surface area (Å²) in [6.45, 7) is 3.96. The number of nitrogens with zero attached hydrogens (tertiary/aromatic N) is 2. The molecule has 1 aliphatic heterocycles.